The van der Waals surface area contributed by atoms with Crippen molar-refractivity contribution in [2.75, 3.05) is 7.11 Å². The number of para-hydroxylation sites is 2. The first-order chi connectivity index (χ1) is 15.1. The summed E-state index contributed by atoms with van der Waals surface area (Å²) < 4.78 is 12.6. The van der Waals surface area contributed by atoms with E-state index >= 15 is 0 Å². The van der Waals surface area contributed by atoms with Crippen molar-refractivity contribution in [1.29, 1.82) is 0 Å². The average Bonchev–Trinajstić information content (AvgIpc) is 3.21. The number of rotatable bonds is 4. The quantitative estimate of drug-likeness (QED) is 0.361. The van der Waals surface area contributed by atoms with E-state index in [0.717, 1.165) is 10.9 Å². The Labute approximate surface area is 182 Å². The van der Waals surface area contributed by atoms with Crippen molar-refractivity contribution >= 4 is 39.7 Å². The molecule has 5 aromatic rings. The van der Waals surface area contributed by atoms with Gasteiger partial charge in [-0.05, 0) is 48.5 Å². The zero-order valence-corrected chi connectivity index (χ0v) is 17.2. The van der Waals surface area contributed by atoms with Gasteiger partial charge in [0.1, 0.15) is 11.3 Å². The third-order valence-electron chi connectivity index (χ3n) is 4.90. The molecule has 0 radical (unpaired) electrons. The summed E-state index contributed by atoms with van der Waals surface area (Å²) in [5.41, 5.74) is 1.63. The monoisotopic (exact) mass is 429 g/mol. The van der Waals surface area contributed by atoms with Crippen LogP contribution in [-0.4, -0.2) is 23.0 Å². The van der Waals surface area contributed by atoms with Crippen LogP contribution in [0.15, 0.2) is 87.1 Å². The summed E-state index contributed by atoms with van der Waals surface area (Å²) >= 11 is 6.11. The normalized spacial score (nSPS) is 11.5. The van der Waals surface area contributed by atoms with E-state index in [1.54, 1.807) is 55.8 Å². The van der Waals surface area contributed by atoms with Crippen molar-refractivity contribution in [2.24, 2.45) is 5.10 Å². The third kappa shape index (κ3) is 3.47. The van der Waals surface area contributed by atoms with Gasteiger partial charge in [-0.2, -0.15) is 9.78 Å². The second-order valence-corrected chi connectivity index (χ2v) is 7.29. The van der Waals surface area contributed by atoms with Crippen LogP contribution in [0.1, 0.15) is 5.56 Å². The average molecular weight is 430 g/mol. The summed E-state index contributed by atoms with van der Waals surface area (Å²) in [5, 5.41) is 6.32. The number of nitrogens with zero attached hydrogens (tertiary/aromatic N) is 3. The van der Waals surface area contributed by atoms with Gasteiger partial charge >= 0.3 is 0 Å². The Kier molecular flexibility index (Phi) is 4.76. The van der Waals surface area contributed by atoms with Gasteiger partial charge in [0.05, 0.1) is 24.2 Å². The van der Waals surface area contributed by atoms with Gasteiger partial charge in [-0.3, -0.25) is 4.79 Å². The second kappa shape index (κ2) is 7.74. The van der Waals surface area contributed by atoms with Crippen LogP contribution in [-0.2, 0) is 0 Å². The lowest BCUT2D eigenvalue weighted by Crippen LogP contribution is -2.20. The number of halogens is 1. The first-order valence-corrected chi connectivity index (χ1v) is 9.90. The van der Waals surface area contributed by atoms with E-state index in [2.05, 4.69) is 10.1 Å². The molecule has 0 aliphatic carbocycles. The van der Waals surface area contributed by atoms with Gasteiger partial charge in [-0.1, -0.05) is 35.9 Å². The molecule has 6 nitrogen and oxygen atoms in total. The largest absolute Gasteiger partial charge is 0.496 e. The Balaban J connectivity index is 1.74. The lowest BCUT2D eigenvalue weighted by atomic mass is 10.2. The van der Waals surface area contributed by atoms with Gasteiger partial charge in [-0.15, -0.1) is 0 Å². The molecule has 0 fully saturated rings. The molecule has 0 atom stereocenters. The first kappa shape index (κ1) is 19.1. The van der Waals surface area contributed by atoms with Crippen LogP contribution >= 0.6 is 11.6 Å². The number of aromatic nitrogens is 2. The third-order valence-corrected chi connectivity index (χ3v) is 5.14. The fraction of sp³-hybridized carbons (Fsp3) is 0.0417. The maximum absolute atomic E-state index is 13.3. The van der Waals surface area contributed by atoms with Crippen molar-refractivity contribution in [2.45, 2.75) is 0 Å². The molecule has 0 aliphatic rings. The molecule has 2 heterocycles. The molecule has 0 unspecified atom stereocenters. The number of fused-ring (bicyclic) bond motifs is 2. The van der Waals surface area contributed by atoms with Crippen molar-refractivity contribution in [1.82, 2.24) is 9.66 Å². The van der Waals surface area contributed by atoms with Crippen LogP contribution in [0, 0.1) is 0 Å². The fourth-order valence-electron chi connectivity index (χ4n) is 3.41. The predicted molar refractivity (Wildman–Crippen MR) is 122 cm³/mol. The van der Waals surface area contributed by atoms with E-state index in [9.17, 15) is 4.79 Å². The number of hydrogen-bond acceptors (Lipinski definition) is 5. The number of furan rings is 1. The van der Waals surface area contributed by atoms with Crippen LogP contribution in [0.3, 0.4) is 0 Å². The molecule has 7 heteroatoms. The van der Waals surface area contributed by atoms with Crippen LogP contribution in [0.2, 0.25) is 5.02 Å². The number of benzene rings is 3. The molecule has 0 amide bonds. The highest BCUT2D eigenvalue weighted by molar-refractivity contribution is 6.31. The van der Waals surface area contributed by atoms with Gasteiger partial charge < -0.3 is 9.15 Å². The van der Waals surface area contributed by atoms with E-state index in [4.69, 9.17) is 20.8 Å². The highest BCUT2D eigenvalue weighted by atomic mass is 35.5. The summed E-state index contributed by atoms with van der Waals surface area (Å²) in [5.74, 6) is 1.35. The maximum atomic E-state index is 13.3. The smallest absolute Gasteiger partial charge is 0.282 e. The van der Waals surface area contributed by atoms with Crippen LogP contribution < -0.4 is 10.3 Å². The number of ether oxygens (including phenoxy) is 1. The summed E-state index contributed by atoms with van der Waals surface area (Å²) in [4.78, 5) is 18.0. The van der Waals surface area contributed by atoms with E-state index in [1.807, 2.05) is 30.3 Å². The minimum absolute atomic E-state index is 0.294. The van der Waals surface area contributed by atoms with Crippen molar-refractivity contribution in [3.05, 3.63) is 93.7 Å². The molecular weight excluding hydrogens is 414 g/mol. The Morgan fingerprint density at radius 3 is 2.74 bits per heavy atom. The molecular formula is C24H16ClN3O3. The zero-order valence-electron chi connectivity index (χ0n) is 16.4. The molecule has 31 heavy (non-hydrogen) atoms. The Hall–Kier alpha value is -3.90. The fourth-order valence-corrected chi connectivity index (χ4v) is 3.59. The minimum Gasteiger partial charge on any atom is -0.496 e. The van der Waals surface area contributed by atoms with Gasteiger partial charge in [0.25, 0.3) is 5.56 Å². The zero-order chi connectivity index (χ0) is 21.4. The maximum Gasteiger partial charge on any atom is 0.282 e. The molecule has 0 saturated carbocycles. The molecule has 0 aliphatic heterocycles. The number of methoxy groups -OCH3 is 1. The van der Waals surface area contributed by atoms with Gasteiger partial charge in [-0.25, -0.2) is 4.98 Å². The Bertz CT molecular complexity index is 1520. The summed E-state index contributed by atoms with van der Waals surface area (Å²) in [7, 11) is 1.58. The first-order valence-electron chi connectivity index (χ1n) is 9.53. The molecule has 5 rings (SSSR count). The number of hydrogen-bond donors (Lipinski definition) is 0. The topological polar surface area (TPSA) is 69.6 Å². The second-order valence-electron chi connectivity index (χ2n) is 6.85. The summed E-state index contributed by atoms with van der Waals surface area (Å²) in [6.45, 7) is 0. The van der Waals surface area contributed by atoms with Gasteiger partial charge in [0.2, 0.25) is 5.82 Å². The molecule has 0 bridgehead atoms. The van der Waals surface area contributed by atoms with Gasteiger partial charge in [0, 0.05) is 16.0 Å². The Morgan fingerprint density at radius 2 is 1.87 bits per heavy atom. The summed E-state index contributed by atoms with van der Waals surface area (Å²) in [6, 6.07) is 21.7. The molecule has 2 aromatic heterocycles. The Morgan fingerprint density at radius 1 is 1.06 bits per heavy atom. The van der Waals surface area contributed by atoms with Crippen molar-refractivity contribution in [3.8, 4) is 17.3 Å². The molecule has 152 valence electrons. The van der Waals surface area contributed by atoms with E-state index in [1.165, 1.54) is 4.68 Å². The highest BCUT2D eigenvalue weighted by Crippen LogP contribution is 2.29. The highest BCUT2D eigenvalue weighted by Gasteiger charge is 2.16. The SMILES string of the molecule is COc1ccccc1C=Nn1c(-c2cc3cc(Cl)ccc3o2)nc2ccccc2c1=O. The molecule has 3 aromatic carbocycles. The predicted octanol–water partition coefficient (Wildman–Crippen LogP) is 5.35. The molecule has 0 saturated heterocycles. The van der Waals surface area contributed by atoms with Crippen LogP contribution in [0.5, 0.6) is 5.75 Å². The van der Waals surface area contributed by atoms with Crippen molar-refractivity contribution in [3.63, 3.8) is 0 Å². The standard InChI is InChI=1S/C24H16ClN3O3/c1-30-20-9-5-2-6-15(20)14-26-28-23(27-19-8-4-3-7-18(19)24(28)29)22-13-16-12-17(25)10-11-21(16)31-22/h2-14H,1H3. The molecule has 0 spiro atoms. The van der Waals surface area contributed by atoms with Crippen LogP contribution in [0.25, 0.3) is 33.5 Å². The minimum atomic E-state index is -0.301. The van der Waals surface area contributed by atoms with E-state index in [-0.39, 0.29) is 5.56 Å². The van der Waals surface area contributed by atoms with Crippen molar-refractivity contribution < 1.29 is 9.15 Å². The lowest BCUT2D eigenvalue weighted by Gasteiger charge is -2.08. The summed E-state index contributed by atoms with van der Waals surface area (Å²) in [6.07, 6.45) is 1.57. The van der Waals surface area contributed by atoms with E-state index in [0.29, 0.717) is 38.8 Å². The van der Waals surface area contributed by atoms with Crippen LogP contribution in [0.4, 0.5) is 0 Å². The van der Waals surface area contributed by atoms with Gasteiger partial charge in [0.15, 0.2) is 5.76 Å². The van der Waals surface area contributed by atoms with E-state index < -0.39 is 0 Å². The molecule has 0 N–H and O–H groups in total. The lowest BCUT2D eigenvalue weighted by molar-refractivity contribution is 0.414.